The van der Waals surface area contributed by atoms with E-state index in [1.807, 2.05) is 0 Å². The fourth-order valence-electron chi connectivity index (χ4n) is 1.90. The van der Waals surface area contributed by atoms with E-state index in [0.29, 0.717) is 38.4 Å². The normalized spacial score (nSPS) is 18.6. The summed E-state index contributed by atoms with van der Waals surface area (Å²) in [5.41, 5.74) is 5.21. The molecule has 1 aliphatic rings. The van der Waals surface area contributed by atoms with Crippen molar-refractivity contribution in [1.82, 2.24) is 9.97 Å². The number of nitrogens with two attached hydrogens (primary N) is 1. The molecule has 2 heterocycles. The van der Waals surface area contributed by atoms with Gasteiger partial charge in [0.2, 0.25) is 5.91 Å². The number of carbonyl (C=O) groups excluding carboxylic acids is 1. The molecule has 92 valence electrons. The summed E-state index contributed by atoms with van der Waals surface area (Å²) in [4.78, 5) is 20.1. The number of rotatable bonds is 3. The van der Waals surface area contributed by atoms with Crippen LogP contribution in [0.3, 0.4) is 0 Å². The van der Waals surface area contributed by atoms with E-state index in [0.717, 1.165) is 0 Å². The Morgan fingerprint density at radius 3 is 2.82 bits per heavy atom. The summed E-state index contributed by atoms with van der Waals surface area (Å²) < 4.78 is 5.26. The molecule has 1 aliphatic heterocycles. The van der Waals surface area contributed by atoms with Crippen LogP contribution in [0.2, 0.25) is 0 Å². The molecule has 6 nitrogen and oxygen atoms in total. The Morgan fingerprint density at radius 2 is 2.24 bits per heavy atom. The van der Waals surface area contributed by atoms with Crippen LogP contribution >= 0.6 is 0 Å². The van der Waals surface area contributed by atoms with Crippen LogP contribution in [0.4, 0.5) is 5.82 Å². The Kier molecular flexibility index (Phi) is 3.65. The fraction of sp³-hybridized carbons (Fsp3) is 0.545. The van der Waals surface area contributed by atoms with Crippen LogP contribution in [-0.4, -0.2) is 35.6 Å². The lowest BCUT2D eigenvalue weighted by Gasteiger charge is -2.34. The molecule has 0 atom stereocenters. The van der Waals surface area contributed by atoms with E-state index in [-0.39, 0.29) is 5.91 Å². The van der Waals surface area contributed by atoms with Crippen LogP contribution in [0.1, 0.15) is 12.8 Å². The van der Waals surface area contributed by atoms with Gasteiger partial charge in [-0.3, -0.25) is 9.78 Å². The maximum atomic E-state index is 12.2. The number of amides is 1. The van der Waals surface area contributed by atoms with E-state index < -0.39 is 5.41 Å². The molecule has 0 saturated carbocycles. The van der Waals surface area contributed by atoms with Gasteiger partial charge in [0.1, 0.15) is 0 Å². The van der Waals surface area contributed by atoms with Crippen molar-refractivity contribution in [2.45, 2.75) is 12.8 Å². The number of anilines is 1. The molecule has 0 spiro atoms. The highest BCUT2D eigenvalue weighted by molar-refractivity contribution is 5.94. The van der Waals surface area contributed by atoms with Gasteiger partial charge in [0.25, 0.3) is 0 Å². The number of hydrogen-bond acceptors (Lipinski definition) is 5. The second-order valence-electron chi connectivity index (χ2n) is 4.14. The summed E-state index contributed by atoms with van der Waals surface area (Å²) >= 11 is 0. The summed E-state index contributed by atoms with van der Waals surface area (Å²) in [6.45, 7) is 1.47. The van der Waals surface area contributed by atoms with Crippen molar-refractivity contribution in [2.24, 2.45) is 11.1 Å². The lowest BCUT2D eigenvalue weighted by Crippen LogP contribution is -2.46. The standard InChI is InChI=1S/C11H16N4O2/c12-8-11(1-5-17-6-2-11)10(16)15-9-7-13-3-4-14-9/h3-4,7H,1-2,5-6,8,12H2,(H,14,15,16). The van der Waals surface area contributed by atoms with Crippen molar-refractivity contribution in [3.8, 4) is 0 Å². The number of carbonyl (C=O) groups is 1. The van der Waals surface area contributed by atoms with Gasteiger partial charge in [-0.1, -0.05) is 0 Å². The van der Waals surface area contributed by atoms with E-state index in [2.05, 4.69) is 15.3 Å². The SMILES string of the molecule is NCC1(C(=O)Nc2cnccn2)CCOCC1. The lowest BCUT2D eigenvalue weighted by atomic mass is 9.79. The van der Waals surface area contributed by atoms with Crippen LogP contribution in [0.5, 0.6) is 0 Å². The summed E-state index contributed by atoms with van der Waals surface area (Å²) in [5, 5.41) is 2.76. The van der Waals surface area contributed by atoms with Crippen LogP contribution in [0.25, 0.3) is 0 Å². The van der Waals surface area contributed by atoms with E-state index >= 15 is 0 Å². The molecule has 0 radical (unpaired) electrons. The number of hydrogen-bond donors (Lipinski definition) is 2. The Hall–Kier alpha value is -1.53. The Labute approximate surface area is 99.6 Å². The molecule has 0 aliphatic carbocycles. The average Bonchev–Trinajstić information content (AvgIpc) is 2.40. The first-order chi connectivity index (χ1) is 8.27. The van der Waals surface area contributed by atoms with Gasteiger partial charge < -0.3 is 15.8 Å². The van der Waals surface area contributed by atoms with Crippen molar-refractivity contribution in [2.75, 3.05) is 25.1 Å². The maximum Gasteiger partial charge on any atom is 0.233 e. The zero-order chi connectivity index (χ0) is 12.1. The number of ether oxygens (including phenoxy) is 1. The number of nitrogens with one attached hydrogen (secondary N) is 1. The number of aromatic nitrogens is 2. The zero-order valence-corrected chi connectivity index (χ0v) is 9.56. The van der Waals surface area contributed by atoms with Gasteiger partial charge in [0.15, 0.2) is 5.82 Å². The largest absolute Gasteiger partial charge is 0.381 e. The molecule has 1 aromatic heterocycles. The van der Waals surface area contributed by atoms with Gasteiger partial charge in [0, 0.05) is 32.2 Å². The first kappa shape index (κ1) is 11.9. The molecule has 3 N–H and O–H groups in total. The third kappa shape index (κ3) is 2.59. The molecule has 2 rings (SSSR count). The van der Waals surface area contributed by atoms with Crippen molar-refractivity contribution >= 4 is 11.7 Å². The number of nitrogens with zero attached hydrogens (tertiary/aromatic N) is 2. The summed E-state index contributed by atoms with van der Waals surface area (Å²) in [6, 6.07) is 0. The molecule has 6 heteroatoms. The van der Waals surface area contributed by atoms with Gasteiger partial charge in [0.05, 0.1) is 11.6 Å². The molecule has 0 unspecified atom stereocenters. The van der Waals surface area contributed by atoms with Crippen molar-refractivity contribution in [3.05, 3.63) is 18.6 Å². The van der Waals surface area contributed by atoms with Gasteiger partial charge in [-0.25, -0.2) is 4.98 Å². The highest BCUT2D eigenvalue weighted by Gasteiger charge is 2.38. The minimum atomic E-state index is -0.532. The predicted octanol–water partition coefficient (Wildman–Crippen LogP) is 0.171. The first-order valence-corrected chi connectivity index (χ1v) is 5.62. The monoisotopic (exact) mass is 236 g/mol. The summed E-state index contributed by atoms with van der Waals surface area (Å²) in [6.07, 6.45) is 5.91. The van der Waals surface area contributed by atoms with Crippen LogP contribution in [-0.2, 0) is 9.53 Å². The lowest BCUT2D eigenvalue weighted by molar-refractivity contribution is -0.130. The molecule has 1 amide bonds. The van der Waals surface area contributed by atoms with Gasteiger partial charge >= 0.3 is 0 Å². The van der Waals surface area contributed by atoms with Gasteiger partial charge in [-0.2, -0.15) is 0 Å². The average molecular weight is 236 g/mol. The topological polar surface area (TPSA) is 90.1 Å². The first-order valence-electron chi connectivity index (χ1n) is 5.62. The van der Waals surface area contributed by atoms with E-state index in [1.165, 1.54) is 12.4 Å². The van der Waals surface area contributed by atoms with Crippen LogP contribution in [0.15, 0.2) is 18.6 Å². The van der Waals surface area contributed by atoms with E-state index in [9.17, 15) is 4.79 Å². The van der Waals surface area contributed by atoms with E-state index in [1.54, 1.807) is 6.20 Å². The van der Waals surface area contributed by atoms with Crippen molar-refractivity contribution in [1.29, 1.82) is 0 Å². The molecule has 0 bridgehead atoms. The molecular weight excluding hydrogens is 220 g/mol. The van der Waals surface area contributed by atoms with Crippen molar-refractivity contribution in [3.63, 3.8) is 0 Å². The predicted molar refractivity (Wildman–Crippen MR) is 62.2 cm³/mol. The maximum absolute atomic E-state index is 12.2. The minimum Gasteiger partial charge on any atom is -0.381 e. The molecule has 0 aromatic carbocycles. The van der Waals surface area contributed by atoms with Crippen LogP contribution < -0.4 is 11.1 Å². The molecule has 1 saturated heterocycles. The third-order valence-electron chi connectivity index (χ3n) is 3.13. The Bertz CT molecular complexity index is 376. The van der Waals surface area contributed by atoms with Crippen LogP contribution in [0, 0.1) is 5.41 Å². The molecule has 1 fully saturated rings. The van der Waals surface area contributed by atoms with Gasteiger partial charge in [-0.05, 0) is 12.8 Å². The second-order valence-corrected chi connectivity index (χ2v) is 4.14. The fourth-order valence-corrected chi connectivity index (χ4v) is 1.90. The Balaban J connectivity index is 2.07. The molecule has 1 aromatic rings. The minimum absolute atomic E-state index is 0.0937. The summed E-state index contributed by atoms with van der Waals surface area (Å²) in [5.74, 6) is 0.362. The second kappa shape index (κ2) is 5.20. The summed E-state index contributed by atoms with van der Waals surface area (Å²) in [7, 11) is 0. The smallest absolute Gasteiger partial charge is 0.233 e. The van der Waals surface area contributed by atoms with E-state index in [4.69, 9.17) is 10.5 Å². The zero-order valence-electron chi connectivity index (χ0n) is 9.56. The third-order valence-corrected chi connectivity index (χ3v) is 3.13. The van der Waals surface area contributed by atoms with Crippen molar-refractivity contribution < 1.29 is 9.53 Å². The van der Waals surface area contributed by atoms with Gasteiger partial charge in [-0.15, -0.1) is 0 Å². The molecule has 17 heavy (non-hydrogen) atoms. The highest BCUT2D eigenvalue weighted by atomic mass is 16.5. The quantitative estimate of drug-likeness (QED) is 0.780. The Morgan fingerprint density at radius 1 is 1.47 bits per heavy atom. The molecular formula is C11H16N4O2. The highest BCUT2D eigenvalue weighted by Crippen LogP contribution is 2.30.